The molecule has 0 aromatic heterocycles. The first kappa shape index (κ1) is 53.1. The third kappa shape index (κ3) is 30.2. The first-order chi connectivity index (χ1) is 27.8. The van der Waals surface area contributed by atoms with Gasteiger partial charge in [0.2, 0.25) is 0 Å². The third-order valence-corrected chi connectivity index (χ3v) is 10.4. The van der Waals surface area contributed by atoms with Gasteiger partial charge in [0.15, 0.2) is 11.9 Å². The number of allylic oxidation sites excluding steroid dienone is 11. The molecule has 0 bridgehead atoms. The number of phosphoric acid groups is 1. The summed E-state index contributed by atoms with van der Waals surface area (Å²) in [5, 5.41) is 10.2. The molecule has 330 valence electrons. The highest BCUT2D eigenvalue weighted by molar-refractivity contribution is 7.47. The molecule has 11 nitrogen and oxygen atoms in total. The van der Waals surface area contributed by atoms with Gasteiger partial charge in [-0.2, -0.15) is 0 Å². The van der Waals surface area contributed by atoms with Gasteiger partial charge in [0.1, 0.15) is 19.8 Å². The van der Waals surface area contributed by atoms with Crippen LogP contribution in [0.2, 0.25) is 0 Å². The molecule has 0 radical (unpaired) electrons. The number of esters is 2. The summed E-state index contributed by atoms with van der Waals surface area (Å²) in [4.78, 5) is 47.9. The van der Waals surface area contributed by atoms with Crippen molar-refractivity contribution in [3.8, 4) is 0 Å². The number of aliphatic hydroxyl groups is 1. The van der Waals surface area contributed by atoms with Crippen LogP contribution in [0.3, 0.4) is 0 Å². The number of ketones is 1. The monoisotopic (exact) mass is 835 g/mol. The van der Waals surface area contributed by atoms with E-state index in [1.165, 1.54) is 19.3 Å². The van der Waals surface area contributed by atoms with Gasteiger partial charge >= 0.3 is 19.8 Å². The summed E-state index contributed by atoms with van der Waals surface area (Å²) in [6, 6.07) is 0. The molecule has 1 rings (SSSR count). The normalized spacial score (nSPS) is 18.4. The second-order valence-electron chi connectivity index (χ2n) is 16.0. The van der Waals surface area contributed by atoms with Crippen molar-refractivity contribution in [2.75, 3.05) is 47.5 Å². The molecule has 0 amide bonds. The number of quaternary nitrogens is 1. The first-order valence-electron chi connectivity index (χ1n) is 21.7. The second kappa shape index (κ2) is 32.9. The first-order valence-corrected chi connectivity index (χ1v) is 23.2. The lowest BCUT2D eigenvalue weighted by atomic mass is 9.90. The Bertz CT molecular complexity index is 1360. The Morgan fingerprint density at radius 2 is 1.40 bits per heavy atom. The summed E-state index contributed by atoms with van der Waals surface area (Å²) in [5.74, 6) is -1.24. The van der Waals surface area contributed by atoms with Gasteiger partial charge < -0.3 is 24.0 Å². The topological polar surface area (TPSA) is 146 Å². The van der Waals surface area contributed by atoms with E-state index in [0.717, 1.165) is 51.4 Å². The van der Waals surface area contributed by atoms with Crippen molar-refractivity contribution in [2.45, 2.75) is 142 Å². The Hall–Kier alpha value is -2.92. The van der Waals surface area contributed by atoms with Crippen LogP contribution in [0, 0.1) is 11.8 Å². The number of phosphoric ester groups is 1. The Kier molecular flexibility index (Phi) is 30.1. The number of nitrogens with zero attached hydrogens (tertiary/aromatic N) is 1. The van der Waals surface area contributed by atoms with Crippen molar-refractivity contribution < 1.29 is 52.0 Å². The van der Waals surface area contributed by atoms with Crippen molar-refractivity contribution in [2.24, 2.45) is 11.8 Å². The fraction of sp³-hybridized carbons (Fsp3) is 0.674. The fourth-order valence-corrected chi connectivity index (χ4v) is 6.63. The highest BCUT2D eigenvalue weighted by Gasteiger charge is 2.28. The lowest BCUT2D eigenvalue weighted by Crippen LogP contribution is -2.37. The minimum atomic E-state index is -4.44. The number of carbonyl (C=O) groups is 3. The minimum absolute atomic E-state index is 0.0140. The van der Waals surface area contributed by atoms with E-state index in [1.807, 2.05) is 45.4 Å². The van der Waals surface area contributed by atoms with Crippen molar-refractivity contribution in [3.63, 3.8) is 0 Å². The molecular formula is C46H77NO10P+. The molecule has 5 atom stereocenters. The van der Waals surface area contributed by atoms with Gasteiger partial charge in [0.05, 0.1) is 33.9 Å². The average Bonchev–Trinajstić information content (AvgIpc) is 3.52. The van der Waals surface area contributed by atoms with E-state index < -0.39 is 38.6 Å². The van der Waals surface area contributed by atoms with Gasteiger partial charge in [-0.1, -0.05) is 113 Å². The quantitative estimate of drug-likeness (QED) is 0.0208. The number of carbonyl (C=O) groups excluding carboxylic acids is 3. The zero-order chi connectivity index (χ0) is 42.9. The lowest BCUT2D eigenvalue weighted by molar-refractivity contribution is -0.870. The smallest absolute Gasteiger partial charge is 0.462 e. The fourth-order valence-electron chi connectivity index (χ4n) is 5.89. The molecule has 0 spiro atoms. The van der Waals surface area contributed by atoms with Crippen molar-refractivity contribution in [1.82, 2.24) is 0 Å². The predicted molar refractivity (Wildman–Crippen MR) is 233 cm³/mol. The maximum atomic E-state index is 12.8. The Labute approximate surface area is 350 Å². The molecule has 1 aliphatic rings. The van der Waals surface area contributed by atoms with E-state index in [4.69, 9.17) is 18.5 Å². The largest absolute Gasteiger partial charge is 0.472 e. The molecule has 0 aromatic carbocycles. The Balaban J connectivity index is 2.52. The standard InChI is InChI=1S/C46H76NO10P/c1-6-8-10-11-12-13-14-15-16-17-18-19-20-21-26-30-45(50)54-38-42(39-56-58(52,53)55-37-36-47(3,4)5)57-46(51)31-27-23-22-25-28-40-32-35-44(49)43(40)34-33-41(48)29-24-9-7-2/h12-13,15-16,18-19,22,25,32-35,40-43,48H,6-11,14,17,20-21,23-24,26-31,36-39H2,1-5H3/p+1/b13-12-,16-15-,19-18-,25-22-,34-33+/t40-,41-,42+,43+/m0/s1. The van der Waals surface area contributed by atoms with Crippen LogP contribution in [-0.4, -0.2) is 91.9 Å². The highest BCUT2D eigenvalue weighted by Crippen LogP contribution is 2.43. The van der Waals surface area contributed by atoms with Gasteiger partial charge in [-0.15, -0.1) is 0 Å². The van der Waals surface area contributed by atoms with Crippen LogP contribution in [0.4, 0.5) is 0 Å². The maximum Gasteiger partial charge on any atom is 0.472 e. The average molecular weight is 835 g/mol. The summed E-state index contributed by atoms with van der Waals surface area (Å²) in [7, 11) is 1.32. The summed E-state index contributed by atoms with van der Waals surface area (Å²) in [6.07, 6.45) is 37.3. The zero-order valence-electron chi connectivity index (χ0n) is 36.3. The van der Waals surface area contributed by atoms with Crippen LogP contribution < -0.4 is 0 Å². The van der Waals surface area contributed by atoms with E-state index >= 15 is 0 Å². The van der Waals surface area contributed by atoms with Crippen molar-refractivity contribution >= 4 is 25.5 Å². The molecule has 1 aliphatic carbocycles. The molecule has 0 fully saturated rings. The van der Waals surface area contributed by atoms with Crippen molar-refractivity contribution in [1.29, 1.82) is 0 Å². The van der Waals surface area contributed by atoms with Gasteiger partial charge in [0.25, 0.3) is 0 Å². The minimum Gasteiger partial charge on any atom is -0.462 e. The molecule has 0 heterocycles. The Morgan fingerprint density at radius 3 is 2.07 bits per heavy atom. The number of likely N-dealkylation sites (N-methyl/N-ethyl adjacent to an activating group) is 1. The molecule has 0 aliphatic heterocycles. The number of hydrogen-bond donors (Lipinski definition) is 2. The summed E-state index contributed by atoms with van der Waals surface area (Å²) >= 11 is 0. The van der Waals surface area contributed by atoms with Crippen LogP contribution in [0.15, 0.2) is 72.9 Å². The number of unbranched alkanes of at least 4 members (excludes halogenated alkanes) is 8. The lowest BCUT2D eigenvalue weighted by Gasteiger charge is -2.24. The molecule has 0 saturated carbocycles. The SMILES string of the molecule is CCCCC/C=C\C/C=C\C/C=C\CCCCC(=O)OC[C@H](COP(=O)(O)OCC[N+](C)(C)C)OC(=O)CCC/C=C\C[C@H]1C=CC(=O)[C@@H]1/C=C/[C@@H](O)CCCCC. The van der Waals surface area contributed by atoms with Crippen LogP contribution in [0.25, 0.3) is 0 Å². The number of aliphatic hydroxyl groups excluding tert-OH is 1. The zero-order valence-corrected chi connectivity index (χ0v) is 37.2. The third-order valence-electron chi connectivity index (χ3n) is 9.46. The molecule has 58 heavy (non-hydrogen) atoms. The van der Waals surface area contributed by atoms with E-state index in [2.05, 4.69) is 50.3 Å². The van der Waals surface area contributed by atoms with Crippen LogP contribution >= 0.6 is 7.82 Å². The molecule has 1 unspecified atom stereocenters. The van der Waals surface area contributed by atoms with E-state index in [9.17, 15) is 28.9 Å². The van der Waals surface area contributed by atoms with Gasteiger partial charge in [0, 0.05) is 18.8 Å². The number of ether oxygens (including phenoxy) is 2. The molecular weight excluding hydrogens is 757 g/mol. The summed E-state index contributed by atoms with van der Waals surface area (Å²) in [5.41, 5.74) is 0. The molecule has 0 saturated heterocycles. The van der Waals surface area contributed by atoms with Gasteiger partial charge in [-0.3, -0.25) is 23.4 Å². The van der Waals surface area contributed by atoms with Gasteiger partial charge in [-0.25, -0.2) is 4.57 Å². The van der Waals surface area contributed by atoms with Crippen LogP contribution in [0.5, 0.6) is 0 Å². The van der Waals surface area contributed by atoms with E-state index in [1.54, 1.807) is 12.2 Å². The molecule has 0 aromatic rings. The molecule has 12 heteroatoms. The van der Waals surface area contributed by atoms with Crippen LogP contribution in [-0.2, 0) is 37.5 Å². The van der Waals surface area contributed by atoms with E-state index in [0.29, 0.717) is 43.1 Å². The number of hydrogen-bond acceptors (Lipinski definition) is 9. The maximum absolute atomic E-state index is 12.8. The van der Waals surface area contributed by atoms with Crippen molar-refractivity contribution in [3.05, 3.63) is 72.9 Å². The van der Waals surface area contributed by atoms with E-state index in [-0.39, 0.29) is 43.7 Å². The van der Waals surface area contributed by atoms with Crippen LogP contribution in [0.1, 0.15) is 129 Å². The Morgan fingerprint density at radius 1 is 0.793 bits per heavy atom. The number of rotatable bonds is 35. The summed E-state index contributed by atoms with van der Waals surface area (Å²) in [6.45, 7) is 3.99. The summed E-state index contributed by atoms with van der Waals surface area (Å²) < 4.78 is 34.2. The molecule has 2 N–H and O–H groups in total. The predicted octanol–water partition coefficient (Wildman–Crippen LogP) is 9.86. The second-order valence-corrected chi connectivity index (χ2v) is 17.5. The highest BCUT2D eigenvalue weighted by atomic mass is 31.2. The van der Waals surface area contributed by atoms with Gasteiger partial charge in [-0.05, 0) is 82.6 Å².